The maximum absolute atomic E-state index is 12.5. The van der Waals surface area contributed by atoms with Crippen LogP contribution in [0.15, 0.2) is 60.0 Å². The van der Waals surface area contributed by atoms with E-state index in [1.165, 1.54) is 0 Å². The molecule has 0 bridgehead atoms. The highest BCUT2D eigenvalue weighted by atomic mass is 16.2. The Morgan fingerprint density at radius 3 is 2.59 bits per heavy atom. The first-order chi connectivity index (χ1) is 16.4. The average molecular weight is 456 g/mol. The standard InChI is InChI=1S/C27H29N5O2/c1-17-14-25(31-22-9-5-19(6-10-22)4-3-13-28)23-15-20(8-12-26(23)32(17)18(2)33)21-7-11-24(27(29)34)30-16-21/h5,7-9,11-12,15-17,25,31H,6,10,13-14,28H2,1-2H3,(H2,29,34)/t17-,25+/m0/s1. The summed E-state index contributed by atoms with van der Waals surface area (Å²) in [6, 6.07) is 9.66. The second kappa shape index (κ2) is 9.94. The first-order valence-corrected chi connectivity index (χ1v) is 11.4. The van der Waals surface area contributed by atoms with Gasteiger partial charge in [-0.2, -0.15) is 0 Å². The fourth-order valence-electron chi connectivity index (χ4n) is 4.62. The summed E-state index contributed by atoms with van der Waals surface area (Å²) in [5.41, 5.74) is 17.1. The number of pyridine rings is 1. The molecule has 0 radical (unpaired) electrons. The number of rotatable bonds is 4. The summed E-state index contributed by atoms with van der Waals surface area (Å²) in [6.07, 6.45) is 8.32. The number of allylic oxidation sites excluding steroid dienone is 4. The number of primary amides is 1. The number of amides is 2. The number of nitrogens with one attached hydrogen (secondary N) is 1. The fourth-order valence-corrected chi connectivity index (χ4v) is 4.62. The van der Waals surface area contributed by atoms with Crippen LogP contribution in [0.2, 0.25) is 0 Å². The lowest BCUT2D eigenvalue weighted by Gasteiger charge is -2.40. The molecule has 1 aromatic carbocycles. The molecule has 7 nitrogen and oxygen atoms in total. The van der Waals surface area contributed by atoms with Crippen molar-refractivity contribution in [3.63, 3.8) is 0 Å². The highest BCUT2D eigenvalue weighted by Crippen LogP contribution is 2.40. The Kier molecular flexibility index (Phi) is 6.80. The third kappa shape index (κ3) is 4.87. The predicted octanol–water partition coefficient (Wildman–Crippen LogP) is 3.19. The summed E-state index contributed by atoms with van der Waals surface area (Å²) in [5, 5.41) is 3.71. The number of fused-ring (bicyclic) bond motifs is 1. The summed E-state index contributed by atoms with van der Waals surface area (Å²) in [6.45, 7) is 4.04. The number of nitrogens with two attached hydrogens (primary N) is 2. The monoisotopic (exact) mass is 455 g/mol. The first kappa shape index (κ1) is 23.3. The molecule has 0 fully saturated rings. The summed E-state index contributed by atoms with van der Waals surface area (Å²) in [5.74, 6) is 5.50. The molecule has 1 aliphatic carbocycles. The zero-order valence-corrected chi connectivity index (χ0v) is 19.5. The van der Waals surface area contributed by atoms with Crippen molar-refractivity contribution < 1.29 is 9.59 Å². The van der Waals surface area contributed by atoms with Crippen molar-refractivity contribution in [2.75, 3.05) is 11.4 Å². The van der Waals surface area contributed by atoms with Crippen LogP contribution in [0.5, 0.6) is 0 Å². The Morgan fingerprint density at radius 2 is 1.97 bits per heavy atom. The molecule has 0 unspecified atom stereocenters. The normalized spacial score (nSPS) is 19.2. The second-order valence-electron chi connectivity index (χ2n) is 8.63. The summed E-state index contributed by atoms with van der Waals surface area (Å²) >= 11 is 0. The lowest BCUT2D eigenvalue weighted by Crippen LogP contribution is -2.44. The molecule has 2 amide bonds. The number of benzene rings is 1. The molecule has 4 rings (SSSR count). The van der Waals surface area contributed by atoms with Gasteiger partial charge in [-0.15, -0.1) is 0 Å². The quantitative estimate of drug-likeness (QED) is 0.613. The molecule has 1 aromatic heterocycles. The lowest BCUT2D eigenvalue weighted by molar-refractivity contribution is -0.117. The fraction of sp³-hybridized carbons (Fsp3) is 0.296. The van der Waals surface area contributed by atoms with Crippen LogP contribution in [-0.2, 0) is 4.79 Å². The number of nitrogens with zero attached hydrogens (tertiary/aromatic N) is 2. The van der Waals surface area contributed by atoms with Crippen LogP contribution >= 0.6 is 0 Å². The van der Waals surface area contributed by atoms with Gasteiger partial charge in [0.1, 0.15) is 5.69 Å². The zero-order chi connectivity index (χ0) is 24.2. The van der Waals surface area contributed by atoms with Crippen LogP contribution in [0.25, 0.3) is 11.1 Å². The minimum Gasteiger partial charge on any atom is -0.381 e. The van der Waals surface area contributed by atoms with E-state index in [9.17, 15) is 9.59 Å². The van der Waals surface area contributed by atoms with Crippen molar-refractivity contribution in [2.24, 2.45) is 11.5 Å². The van der Waals surface area contributed by atoms with Crippen LogP contribution < -0.4 is 21.7 Å². The van der Waals surface area contributed by atoms with Gasteiger partial charge in [-0.05, 0) is 67.7 Å². The van der Waals surface area contributed by atoms with Gasteiger partial charge in [0.25, 0.3) is 5.91 Å². The summed E-state index contributed by atoms with van der Waals surface area (Å²) in [4.78, 5) is 29.9. The van der Waals surface area contributed by atoms with E-state index in [4.69, 9.17) is 11.5 Å². The highest BCUT2D eigenvalue weighted by Gasteiger charge is 2.33. The Labute approximate surface area is 199 Å². The molecule has 0 spiro atoms. The molecule has 2 heterocycles. The highest BCUT2D eigenvalue weighted by molar-refractivity contribution is 5.94. The molecule has 2 aliphatic rings. The molecular formula is C27H29N5O2. The summed E-state index contributed by atoms with van der Waals surface area (Å²) in [7, 11) is 0. The van der Waals surface area contributed by atoms with Gasteiger partial charge >= 0.3 is 0 Å². The van der Waals surface area contributed by atoms with Crippen LogP contribution in [-0.4, -0.2) is 29.4 Å². The van der Waals surface area contributed by atoms with Crippen molar-refractivity contribution in [3.05, 3.63) is 71.2 Å². The minimum atomic E-state index is -0.556. The second-order valence-corrected chi connectivity index (χ2v) is 8.63. The topological polar surface area (TPSA) is 114 Å². The molecule has 34 heavy (non-hydrogen) atoms. The van der Waals surface area contributed by atoms with Crippen LogP contribution in [0, 0.1) is 11.8 Å². The predicted molar refractivity (Wildman–Crippen MR) is 134 cm³/mol. The largest absolute Gasteiger partial charge is 0.381 e. The smallest absolute Gasteiger partial charge is 0.267 e. The molecule has 174 valence electrons. The number of carbonyl (C=O) groups excluding carboxylic acids is 2. The van der Waals surface area contributed by atoms with E-state index < -0.39 is 5.91 Å². The number of hydrogen-bond donors (Lipinski definition) is 3. The van der Waals surface area contributed by atoms with Crippen LogP contribution in [0.1, 0.15) is 55.2 Å². The van der Waals surface area contributed by atoms with Crippen molar-refractivity contribution in [1.82, 2.24) is 10.3 Å². The SMILES string of the molecule is CC(=O)N1c2ccc(-c3ccc(C(N)=O)nc3)cc2[C@H](NC2=CC=C(C#CCN)CC2)C[C@@H]1C. The molecule has 1 aliphatic heterocycles. The number of anilines is 1. The Hall–Kier alpha value is -3.89. The van der Waals surface area contributed by atoms with Crippen LogP contribution in [0.4, 0.5) is 5.69 Å². The lowest BCUT2D eigenvalue weighted by atomic mass is 9.88. The van der Waals surface area contributed by atoms with Gasteiger partial charge < -0.3 is 21.7 Å². The van der Waals surface area contributed by atoms with E-state index in [2.05, 4.69) is 41.2 Å². The minimum absolute atomic E-state index is 0.0235. The van der Waals surface area contributed by atoms with Crippen molar-refractivity contribution in [2.45, 2.75) is 45.2 Å². The van der Waals surface area contributed by atoms with E-state index in [1.54, 1.807) is 19.2 Å². The Morgan fingerprint density at radius 1 is 1.18 bits per heavy atom. The zero-order valence-electron chi connectivity index (χ0n) is 19.5. The molecule has 0 saturated carbocycles. The van der Waals surface area contributed by atoms with Crippen molar-refractivity contribution >= 4 is 17.5 Å². The van der Waals surface area contributed by atoms with Gasteiger partial charge in [0.05, 0.1) is 12.6 Å². The van der Waals surface area contributed by atoms with Crippen molar-refractivity contribution in [3.8, 4) is 23.0 Å². The van der Waals surface area contributed by atoms with Gasteiger partial charge in [-0.1, -0.05) is 24.0 Å². The van der Waals surface area contributed by atoms with Gasteiger partial charge in [0, 0.05) is 41.7 Å². The third-order valence-electron chi connectivity index (χ3n) is 6.23. The molecular weight excluding hydrogens is 426 g/mol. The first-order valence-electron chi connectivity index (χ1n) is 11.4. The number of carbonyl (C=O) groups is 2. The molecule has 5 N–H and O–H groups in total. The van der Waals surface area contributed by atoms with E-state index in [0.717, 1.165) is 52.9 Å². The van der Waals surface area contributed by atoms with Gasteiger partial charge in [-0.25, -0.2) is 0 Å². The van der Waals surface area contributed by atoms with E-state index >= 15 is 0 Å². The maximum Gasteiger partial charge on any atom is 0.267 e. The van der Waals surface area contributed by atoms with Gasteiger partial charge in [0.2, 0.25) is 5.91 Å². The molecule has 2 aromatic rings. The van der Waals surface area contributed by atoms with E-state index in [-0.39, 0.29) is 23.7 Å². The molecule has 7 heteroatoms. The molecule has 0 saturated heterocycles. The molecule has 2 atom stereocenters. The number of hydrogen-bond acceptors (Lipinski definition) is 5. The Balaban J connectivity index is 1.68. The van der Waals surface area contributed by atoms with E-state index in [0.29, 0.717) is 6.54 Å². The average Bonchev–Trinajstić information content (AvgIpc) is 2.83. The van der Waals surface area contributed by atoms with Crippen molar-refractivity contribution in [1.29, 1.82) is 0 Å². The van der Waals surface area contributed by atoms with Gasteiger partial charge in [-0.3, -0.25) is 14.6 Å². The third-order valence-corrected chi connectivity index (χ3v) is 6.23. The Bertz CT molecular complexity index is 1230. The van der Waals surface area contributed by atoms with Gasteiger partial charge in [0.15, 0.2) is 0 Å². The van der Waals surface area contributed by atoms with E-state index in [1.807, 2.05) is 29.2 Å². The number of aromatic nitrogens is 1. The maximum atomic E-state index is 12.5. The summed E-state index contributed by atoms with van der Waals surface area (Å²) < 4.78 is 0. The van der Waals surface area contributed by atoms with Crippen LogP contribution in [0.3, 0.4) is 0 Å².